The van der Waals surface area contributed by atoms with Crippen LogP contribution in [0, 0.1) is 11.6 Å². The third-order valence-corrected chi connectivity index (χ3v) is 6.76. The second-order valence-electron chi connectivity index (χ2n) is 7.71. The lowest BCUT2D eigenvalue weighted by Gasteiger charge is -2.37. The van der Waals surface area contributed by atoms with Gasteiger partial charge in [-0.1, -0.05) is 30.7 Å². The molecule has 2 aromatic carbocycles. The molecule has 1 unspecified atom stereocenters. The van der Waals surface area contributed by atoms with Crippen molar-refractivity contribution in [3.63, 3.8) is 0 Å². The molecular formula is C24H20ClF2N5O3S. The van der Waals surface area contributed by atoms with Crippen LogP contribution in [0.1, 0.15) is 23.4 Å². The van der Waals surface area contributed by atoms with E-state index in [0.29, 0.717) is 16.4 Å². The highest BCUT2D eigenvalue weighted by molar-refractivity contribution is 7.10. The number of nitrogens with zero attached hydrogens (tertiary/aromatic N) is 5. The Morgan fingerprint density at radius 3 is 2.69 bits per heavy atom. The Morgan fingerprint density at radius 1 is 1.28 bits per heavy atom. The molecule has 2 atom stereocenters. The maximum atomic E-state index is 15.3. The summed E-state index contributed by atoms with van der Waals surface area (Å²) >= 11 is 6.86. The Labute approximate surface area is 214 Å². The zero-order valence-corrected chi connectivity index (χ0v) is 20.5. The lowest BCUT2D eigenvalue weighted by atomic mass is 9.81. The Balaban J connectivity index is 1.83. The molecule has 2 aromatic heterocycles. The van der Waals surface area contributed by atoms with Gasteiger partial charge in [0.1, 0.15) is 29.3 Å². The molecule has 0 aliphatic heterocycles. The molecule has 0 aliphatic carbocycles. The van der Waals surface area contributed by atoms with Crippen molar-refractivity contribution >= 4 is 41.5 Å². The maximum Gasteiger partial charge on any atom is 0.510 e. The van der Waals surface area contributed by atoms with Crippen LogP contribution in [0.25, 0.3) is 11.3 Å². The number of carbonyl (C=O) groups is 1. The minimum absolute atomic E-state index is 0.0865. The van der Waals surface area contributed by atoms with Crippen molar-refractivity contribution < 1.29 is 23.0 Å². The number of aromatic nitrogens is 4. The predicted molar refractivity (Wildman–Crippen MR) is 132 cm³/mol. The fraction of sp³-hybridized carbons (Fsp3) is 0.208. The van der Waals surface area contributed by atoms with Gasteiger partial charge in [-0.25, -0.2) is 28.2 Å². The Kier molecular flexibility index (Phi) is 7.70. The van der Waals surface area contributed by atoms with E-state index >= 15 is 4.39 Å². The second-order valence-corrected chi connectivity index (χ2v) is 8.82. The molecule has 0 spiro atoms. The topological polar surface area (TPSA) is 91.5 Å². The molecule has 36 heavy (non-hydrogen) atoms. The van der Waals surface area contributed by atoms with E-state index in [1.54, 1.807) is 19.1 Å². The van der Waals surface area contributed by atoms with Gasteiger partial charge in [0.25, 0.3) is 0 Å². The summed E-state index contributed by atoms with van der Waals surface area (Å²) in [6, 6.07) is 9.86. The van der Waals surface area contributed by atoms with Crippen LogP contribution in [-0.2, 0) is 21.6 Å². The van der Waals surface area contributed by atoms with Gasteiger partial charge >= 0.3 is 6.16 Å². The molecule has 0 saturated heterocycles. The first-order valence-corrected chi connectivity index (χ1v) is 12.0. The minimum Gasteiger partial charge on any atom is -0.420 e. The highest BCUT2D eigenvalue weighted by Crippen LogP contribution is 2.45. The molecule has 0 fully saturated rings. The van der Waals surface area contributed by atoms with Gasteiger partial charge in [0.05, 0.1) is 23.8 Å². The molecular weight excluding hydrogens is 512 g/mol. The molecule has 4 rings (SSSR count). The van der Waals surface area contributed by atoms with Gasteiger partial charge in [-0.15, -0.1) is 11.3 Å². The number of alkyl halides is 1. The zero-order chi connectivity index (χ0) is 25.7. The Morgan fingerprint density at radius 2 is 2.06 bits per heavy atom. The summed E-state index contributed by atoms with van der Waals surface area (Å²) in [7, 11) is 0. The van der Waals surface area contributed by atoms with Gasteiger partial charge in [-0.2, -0.15) is 5.10 Å². The monoisotopic (exact) mass is 531 g/mol. The van der Waals surface area contributed by atoms with Crippen molar-refractivity contribution in [1.82, 2.24) is 19.7 Å². The van der Waals surface area contributed by atoms with E-state index in [0.717, 1.165) is 17.7 Å². The number of thiazole rings is 1. The average Bonchev–Trinajstić information content (AvgIpc) is 3.56. The van der Waals surface area contributed by atoms with E-state index < -0.39 is 35.4 Å². The molecule has 12 heteroatoms. The molecule has 2 heterocycles. The Hall–Kier alpha value is -3.70. The molecule has 0 aliphatic rings. The summed E-state index contributed by atoms with van der Waals surface area (Å²) in [5, 5.41) is 6.45. The summed E-state index contributed by atoms with van der Waals surface area (Å²) in [6.45, 7) is 5.07. The van der Waals surface area contributed by atoms with Gasteiger partial charge in [-0.3, -0.25) is 4.99 Å². The predicted octanol–water partition coefficient (Wildman–Crippen LogP) is 6.06. The lowest BCUT2D eigenvalue weighted by Crippen LogP contribution is -2.43. The van der Waals surface area contributed by atoms with Crippen molar-refractivity contribution in [1.29, 1.82) is 0 Å². The lowest BCUT2D eigenvalue weighted by molar-refractivity contribution is -0.0620. The zero-order valence-electron chi connectivity index (χ0n) is 19.0. The average molecular weight is 532 g/mol. The number of benzene rings is 2. The summed E-state index contributed by atoms with van der Waals surface area (Å²) in [6.07, 6.45) is 1.54. The fourth-order valence-electron chi connectivity index (χ4n) is 3.80. The van der Waals surface area contributed by atoms with Crippen LogP contribution >= 0.6 is 22.9 Å². The first kappa shape index (κ1) is 25.4. The second kappa shape index (κ2) is 10.9. The third kappa shape index (κ3) is 5.26. The van der Waals surface area contributed by atoms with Crippen molar-refractivity contribution in [3.05, 3.63) is 82.7 Å². The largest absolute Gasteiger partial charge is 0.510 e. The van der Waals surface area contributed by atoms with Crippen LogP contribution in [0.2, 0.25) is 0 Å². The van der Waals surface area contributed by atoms with E-state index in [4.69, 9.17) is 26.1 Å². The van der Waals surface area contributed by atoms with E-state index in [-0.39, 0.29) is 12.1 Å². The summed E-state index contributed by atoms with van der Waals surface area (Å²) in [5.41, 5.74) is 0.369. The van der Waals surface area contributed by atoms with E-state index in [2.05, 4.69) is 21.8 Å². The fourth-order valence-corrected chi connectivity index (χ4v) is 4.85. The highest BCUT2D eigenvalue weighted by Gasteiger charge is 2.47. The smallest absolute Gasteiger partial charge is 0.420 e. The van der Waals surface area contributed by atoms with Crippen molar-refractivity contribution in [2.75, 3.05) is 6.07 Å². The van der Waals surface area contributed by atoms with Gasteiger partial charge in [0.2, 0.25) is 0 Å². The number of carbonyl (C=O) groups excluding carboxylic acids is 1. The first-order valence-electron chi connectivity index (χ1n) is 10.6. The summed E-state index contributed by atoms with van der Waals surface area (Å²) in [4.78, 5) is 25.1. The number of ether oxygens (including phenoxy) is 2. The molecule has 0 saturated carbocycles. The number of aliphatic imine (C=N–C) groups is 1. The van der Waals surface area contributed by atoms with Gasteiger partial charge in [0.15, 0.2) is 11.7 Å². The van der Waals surface area contributed by atoms with Crippen LogP contribution in [0.4, 0.5) is 19.3 Å². The van der Waals surface area contributed by atoms with Crippen molar-refractivity contribution in [3.8, 4) is 11.3 Å². The normalized spacial score (nSPS) is 13.6. The molecule has 8 nitrogen and oxygen atoms in total. The summed E-state index contributed by atoms with van der Waals surface area (Å²) in [5.74, 6) is -2.43. The molecule has 0 amide bonds. The molecule has 0 bridgehead atoms. The van der Waals surface area contributed by atoms with Crippen molar-refractivity contribution in [2.45, 2.75) is 25.0 Å². The number of rotatable bonds is 9. The van der Waals surface area contributed by atoms with Crippen LogP contribution in [0.5, 0.6) is 0 Å². The van der Waals surface area contributed by atoms with E-state index in [1.165, 1.54) is 34.7 Å². The maximum absolute atomic E-state index is 15.3. The standard InChI is InChI=1S/C24H20ClF2N5O3S/c1-15(22-31-21(10-36-22)16-3-6-18(28-2)7-4-16)24(35-23(33)34-12-25,11-32-14-29-13-30-32)19-8-5-17(26)9-20(19)27/h3-10,13-15H,2,11-12H2,1H3/t15-,24?/m0/s1. The third-order valence-electron chi connectivity index (χ3n) is 5.63. The van der Waals surface area contributed by atoms with Crippen LogP contribution in [0.3, 0.4) is 0 Å². The minimum atomic E-state index is -1.75. The number of halogens is 3. The Bertz CT molecular complexity index is 1350. The van der Waals surface area contributed by atoms with Gasteiger partial charge in [0, 0.05) is 22.6 Å². The number of hydrogen-bond donors (Lipinski definition) is 0. The molecule has 0 N–H and O–H groups in total. The van der Waals surface area contributed by atoms with E-state index in [1.807, 2.05) is 17.5 Å². The first-order chi connectivity index (χ1) is 17.4. The summed E-state index contributed by atoms with van der Waals surface area (Å²) < 4.78 is 41.0. The van der Waals surface area contributed by atoms with Crippen LogP contribution in [0.15, 0.2) is 65.5 Å². The SMILES string of the molecule is C=Nc1ccc(-c2csc([C@H](C)C(Cn3cncn3)(OC(=O)OCCl)c3ccc(F)cc3F)n2)cc1. The van der Waals surface area contributed by atoms with E-state index in [9.17, 15) is 9.18 Å². The molecule has 0 radical (unpaired) electrons. The quantitative estimate of drug-likeness (QED) is 0.148. The number of hydrogen-bond acceptors (Lipinski definition) is 8. The van der Waals surface area contributed by atoms with Gasteiger partial charge < -0.3 is 9.47 Å². The molecule has 4 aromatic rings. The van der Waals surface area contributed by atoms with Gasteiger partial charge in [-0.05, 0) is 31.0 Å². The molecule has 186 valence electrons. The van der Waals surface area contributed by atoms with Crippen LogP contribution in [-0.4, -0.2) is 38.7 Å². The highest BCUT2D eigenvalue weighted by atomic mass is 35.5. The van der Waals surface area contributed by atoms with Crippen molar-refractivity contribution in [2.24, 2.45) is 4.99 Å². The van der Waals surface area contributed by atoms with Crippen LogP contribution < -0.4 is 0 Å².